The van der Waals surface area contributed by atoms with Crippen molar-refractivity contribution in [3.05, 3.63) is 29.8 Å². The van der Waals surface area contributed by atoms with Gasteiger partial charge in [-0.3, -0.25) is 0 Å². The monoisotopic (exact) mass is 137 g/mol. The van der Waals surface area contributed by atoms with Gasteiger partial charge in [-0.15, -0.1) is 0 Å². The molecule has 0 bridgehead atoms. The number of hydrogen-bond donors (Lipinski definition) is 1. The van der Waals surface area contributed by atoms with Crippen LogP contribution in [-0.4, -0.2) is 7.11 Å². The number of nitrogen functional groups attached to an aromatic ring is 1. The molecule has 1 aromatic rings. The van der Waals surface area contributed by atoms with Gasteiger partial charge in [0.15, 0.2) is 0 Å². The molecule has 0 amide bonds. The second kappa shape index (κ2) is 3.22. The smallest absolute Gasteiger partial charge is 0.0713 e. The van der Waals surface area contributed by atoms with Crippen molar-refractivity contribution in [2.75, 3.05) is 12.8 Å². The third kappa shape index (κ3) is 1.74. The van der Waals surface area contributed by atoms with Crippen molar-refractivity contribution < 1.29 is 4.74 Å². The molecule has 0 spiro atoms. The molecule has 0 heterocycles. The summed E-state index contributed by atoms with van der Waals surface area (Å²) >= 11 is 0. The molecule has 0 atom stereocenters. The van der Waals surface area contributed by atoms with E-state index in [2.05, 4.69) is 0 Å². The average Bonchev–Trinajstić information content (AvgIpc) is 1.88. The van der Waals surface area contributed by atoms with E-state index in [0.29, 0.717) is 6.61 Å². The quantitative estimate of drug-likeness (QED) is 0.625. The van der Waals surface area contributed by atoms with E-state index in [1.807, 2.05) is 24.3 Å². The van der Waals surface area contributed by atoms with Crippen LogP contribution >= 0.6 is 0 Å². The SMILES string of the molecule is COCc1cccc(N)c1. The lowest BCUT2D eigenvalue weighted by Crippen LogP contribution is -1.89. The van der Waals surface area contributed by atoms with E-state index in [4.69, 9.17) is 10.5 Å². The predicted molar refractivity (Wildman–Crippen MR) is 41.6 cm³/mol. The van der Waals surface area contributed by atoms with E-state index in [-0.39, 0.29) is 0 Å². The van der Waals surface area contributed by atoms with E-state index in [1.165, 1.54) is 0 Å². The zero-order chi connectivity index (χ0) is 7.40. The molecule has 0 fully saturated rings. The normalized spacial score (nSPS) is 9.70. The van der Waals surface area contributed by atoms with Gasteiger partial charge in [-0.25, -0.2) is 0 Å². The number of nitrogens with two attached hydrogens (primary N) is 1. The first-order chi connectivity index (χ1) is 4.83. The summed E-state index contributed by atoms with van der Waals surface area (Å²) in [6.07, 6.45) is 0. The van der Waals surface area contributed by atoms with E-state index in [9.17, 15) is 0 Å². The summed E-state index contributed by atoms with van der Waals surface area (Å²) in [5, 5.41) is 0. The second-order valence-electron chi connectivity index (χ2n) is 2.18. The van der Waals surface area contributed by atoms with Gasteiger partial charge in [-0.2, -0.15) is 0 Å². The molecule has 1 aromatic carbocycles. The van der Waals surface area contributed by atoms with Crippen molar-refractivity contribution >= 4 is 5.69 Å². The Morgan fingerprint density at radius 1 is 1.50 bits per heavy atom. The molecule has 0 aliphatic rings. The lowest BCUT2D eigenvalue weighted by molar-refractivity contribution is 0.185. The number of rotatable bonds is 2. The summed E-state index contributed by atoms with van der Waals surface area (Å²) in [6, 6.07) is 7.67. The molecule has 0 unspecified atom stereocenters. The Bertz CT molecular complexity index is 210. The Kier molecular flexibility index (Phi) is 2.29. The Morgan fingerprint density at radius 3 is 2.90 bits per heavy atom. The molecule has 0 saturated carbocycles. The van der Waals surface area contributed by atoms with Crippen LogP contribution in [0.5, 0.6) is 0 Å². The minimum absolute atomic E-state index is 0.630. The molecule has 0 radical (unpaired) electrons. The Balaban J connectivity index is 2.75. The molecule has 2 N–H and O–H groups in total. The van der Waals surface area contributed by atoms with Gasteiger partial charge in [0.1, 0.15) is 0 Å². The van der Waals surface area contributed by atoms with E-state index in [1.54, 1.807) is 7.11 Å². The van der Waals surface area contributed by atoms with Crippen LogP contribution in [0.25, 0.3) is 0 Å². The van der Waals surface area contributed by atoms with E-state index >= 15 is 0 Å². The van der Waals surface area contributed by atoms with Gasteiger partial charge in [0.05, 0.1) is 6.61 Å². The second-order valence-corrected chi connectivity index (χ2v) is 2.18. The highest BCUT2D eigenvalue weighted by Gasteiger charge is 1.89. The molecule has 2 heteroatoms. The molecule has 0 aliphatic heterocycles. The first-order valence-electron chi connectivity index (χ1n) is 3.16. The maximum Gasteiger partial charge on any atom is 0.0713 e. The molecule has 0 saturated heterocycles. The molecule has 2 nitrogen and oxygen atoms in total. The summed E-state index contributed by atoms with van der Waals surface area (Å²) in [5.41, 5.74) is 7.43. The standard InChI is InChI=1S/C8H11NO/c1-10-6-7-3-2-4-8(9)5-7/h2-5H,6,9H2,1H3. The van der Waals surface area contributed by atoms with Gasteiger partial charge < -0.3 is 10.5 Å². The van der Waals surface area contributed by atoms with Crippen molar-refractivity contribution in [3.63, 3.8) is 0 Å². The fourth-order valence-electron chi connectivity index (χ4n) is 0.850. The highest BCUT2D eigenvalue weighted by molar-refractivity contribution is 5.40. The molecule has 0 aromatic heterocycles. The zero-order valence-corrected chi connectivity index (χ0v) is 6.00. The van der Waals surface area contributed by atoms with Gasteiger partial charge in [-0.05, 0) is 17.7 Å². The van der Waals surface area contributed by atoms with Crippen molar-refractivity contribution in [3.8, 4) is 0 Å². The van der Waals surface area contributed by atoms with Crippen LogP contribution in [0.2, 0.25) is 0 Å². The Morgan fingerprint density at radius 2 is 2.30 bits per heavy atom. The van der Waals surface area contributed by atoms with Gasteiger partial charge in [0, 0.05) is 12.8 Å². The van der Waals surface area contributed by atoms with Crippen LogP contribution in [-0.2, 0) is 11.3 Å². The van der Waals surface area contributed by atoms with Crippen LogP contribution in [0.1, 0.15) is 5.56 Å². The van der Waals surface area contributed by atoms with Crippen LogP contribution in [0.3, 0.4) is 0 Å². The predicted octanol–water partition coefficient (Wildman–Crippen LogP) is 1.42. The number of hydrogen-bond acceptors (Lipinski definition) is 2. The lowest BCUT2D eigenvalue weighted by atomic mass is 10.2. The summed E-state index contributed by atoms with van der Waals surface area (Å²) < 4.78 is 4.93. The number of methoxy groups -OCH3 is 1. The van der Waals surface area contributed by atoms with Crippen molar-refractivity contribution in [1.82, 2.24) is 0 Å². The lowest BCUT2D eigenvalue weighted by Gasteiger charge is -1.98. The minimum atomic E-state index is 0.630. The van der Waals surface area contributed by atoms with Crippen LogP contribution in [0.15, 0.2) is 24.3 Å². The Labute approximate surface area is 60.6 Å². The van der Waals surface area contributed by atoms with Gasteiger partial charge in [-0.1, -0.05) is 12.1 Å². The number of ether oxygens (including phenoxy) is 1. The molecule has 10 heavy (non-hydrogen) atoms. The van der Waals surface area contributed by atoms with Crippen molar-refractivity contribution in [1.29, 1.82) is 0 Å². The molecule has 54 valence electrons. The van der Waals surface area contributed by atoms with E-state index < -0.39 is 0 Å². The van der Waals surface area contributed by atoms with Gasteiger partial charge in [0.2, 0.25) is 0 Å². The number of anilines is 1. The summed E-state index contributed by atoms with van der Waals surface area (Å²) in [5.74, 6) is 0. The topological polar surface area (TPSA) is 35.2 Å². The molecule has 1 rings (SSSR count). The van der Waals surface area contributed by atoms with Crippen molar-refractivity contribution in [2.24, 2.45) is 0 Å². The van der Waals surface area contributed by atoms with Crippen LogP contribution < -0.4 is 5.73 Å². The van der Waals surface area contributed by atoms with Gasteiger partial charge in [0.25, 0.3) is 0 Å². The summed E-state index contributed by atoms with van der Waals surface area (Å²) in [7, 11) is 1.67. The minimum Gasteiger partial charge on any atom is -0.399 e. The molecule has 0 aliphatic carbocycles. The Hall–Kier alpha value is -1.02. The summed E-state index contributed by atoms with van der Waals surface area (Å²) in [4.78, 5) is 0. The zero-order valence-electron chi connectivity index (χ0n) is 6.00. The first kappa shape index (κ1) is 7.09. The van der Waals surface area contributed by atoms with Crippen LogP contribution in [0, 0.1) is 0 Å². The fourth-order valence-corrected chi connectivity index (χ4v) is 0.850. The molecular weight excluding hydrogens is 126 g/mol. The fraction of sp³-hybridized carbons (Fsp3) is 0.250. The third-order valence-electron chi connectivity index (χ3n) is 1.26. The third-order valence-corrected chi connectivity index (χ3v) is 1.26. The van der Waals surface area contributed by atoms with Gasteiger partial charge >= 0.3 is 0 Å². The highest BCUT2D eigenvalue weighted by atomic mass is 16.5. The first-order valence-corrected chi connectivity index (χ1v) is 3.16. The maximum atomic E-state index is 5.53. The maximum absolute atomic E-state index is 5.53. The number of benzene rings is 1. The average molecular weight is 137 g/mol. The molecular formula is C8H11NO. The highest BCUT2D eigenvalue weighted by Crippen LogP contribution is 2.06. The van der Waals surface area contributed by atoms with E-state index in [0.717, 1.165) is 11.3 Å². The van der Waals surface area contributed by atoms with Crippen molar-refractivity contribution in [2.45, 2.75) is 6.61 Å². The van der Waals surface area contributed by atoms with Crippen LogP contribution in [0.4, 0.5) is 5.69 Å². The summed E-state index contributed by atoms with van der Waals surface area (Å²) in [6.45, 7) is 0.630. The largest absolute Gasteiger partial charge is 0.399 e.